The number of nitrogens with zero attached hydrogens (tertiary/aromatic N) is 1. The van der Waals surface area contributed by atoms with Gasteiger partial charge in [-0.1, -0.05) is 30.7 Å². The van der Waals surface area contributed by atoms with Crippen LogP contribution < -0.4 is 5.32 Å². The maximum Gasteiger partial charge on any atom is 0.247 e. The molecule has 0 radical (unpaired) electrons. The van der Waals surface area contributed by atoms with E-state index in [9.17, 15) is 4.79 Å². The normalized spacial score (nSPS) is 12.3. The van der Waals surface area contributed by atoms with E-state index in [-0.39, 0.29) is 11.9 Å². The Hall–Kier alpha value is -2.26. The lowest BCUT2D eigenvalue weighted by Gasteiger charge is -2.16. The number of hydrogen-bond acceptors (Lipinski definition) is 1. The zero-order chi connectivity index (χ0) is 17.3. The minimum absolute atomic E-state index is 0.0630. The van der Waals surface area contributed by atoms with Gasteiger partial charge in [0.1, 0.15) is 6.04 Å². The van der Waals surface area contributed by atoms with Crippen molar-refractivity contribution in [1.29, 1.82) is 0 Å². The second-order valence-corrected chi connectivity index (χ2v) is 6.51. The number of fused-ring (bicyclic) bond motifs is 1. The number of aryl methyl sites for hydroxylation is 2. The van der Waals surface area contributed by atoms with Crippen molar-refractivity contribution in [3.8, 4) is 0 Å². The molecule has 1 N–H and O–H groups in total. The highest BCUT2D eigenvalue weighted by Crippen LogP contribution is 2.24. The molecule has 124 valence electrons. The van der Waals surface area contributed by atoms with Gasteiger partial charge in [0.05, 0.1) is 0 Å². The van der Waals surface area contributed by atoms with E-state index in [0.29, 0.717) is 10.7 Å². The standard InChI is InChI=1S/C20H21ClN2O/c1-4-15-6-8-19-16(11-15)9-10-23(19)14(3)20(24)22-17-7-5-13(2)18(21)12-17/h5-12,14H,4H2,1-3H3,(H,22,24). The van der Waals surface area contributed by atoms with Crippen LogP contribution in [0.2, 0.25) is 5.02 Å². The molecule has 3 rings (SSSR count). The van der Waals surface area contributed by atoms with Crippen LogP contribution in [0.15, 0.2) is 48.7 Å². The van der Waals surface area contributed by atoms with Crippen LogP contribution in [-0.2, 0) is 11.2 Å². The molecule has 24 heavy (non-hydrogen) atoms. The van der Waals surface area contributed by atoms with E-state index in [0.717, 1.165) is 22.9 Å². The monoisotopic (exact) mass is 340 g/mol. The summed E-state index contributed by atoms with van der Waals surface area (Å²) in [6.07, 6.45) is 2.97. The first kappa shape index (κ1) is 16.6. The number of aromatic nitrogens is 1. The molecule has 0 spiro atoms. The molecule has 0 saturated carbocycles. The Labute approximate surface area is 147 Å². The zero-order valence-corrected chi connectivity index (χ0v) is 14.9. The summed E-state index contributed by atoms with van der Waals surface area (Å²) in [6, 6.07) is 13.7. The van der Waals surface area contributed by atoms with Crippen LogP contribution in [0.4, 0.5) is 5.69 Å². The first-order valence-corrected chi connectivity index (χ1v) is 8.54. The summed E-state index contributed by atoms with van der Waals surface area (Å²) in [6.45, 7) is 5.98. The molecule has 0 bridgehead atoms. The predicted octanol–water partition coefficient (Wildman–Crippen LogP) is 5.37. The van der Waals surface area contributed by atoms with E-state index in [1.54, 1.807) is 6.07 Å². The van der Waals surface area contributed by atoms with Crippen LogP contribution in [0.1, 0.15) is 31.0 Å². The molecule has 0 aliphatic carbocycles. The molecule has 0 aliphatic rings. The van der Waals surface area contributed by atoms with Crippen LogP contribution in [0, 0.1) is 6.92 Å². The number of amides is 1. The van der Waals surface area contributed by atoms with Crippen LogP contribution in [-0.4, -0.2) is 10.5 Å². The van der Waals surface area contributed by atoms with Crippen LogP contribution >= 0.6 is 11.6 Å². The summed E-state index contributed by atoms with van der Waals surface area (Å²) < 4.78 is 2.00. The molecule has 1 amide bonds. The fraction of sp³-hybridized carbons (Fsp3) is 0.250. The first-order chi connectivity index (χ1) is 11.5. The fourth-order valence-electron chi connectivity index (χ4n) is 2.81. The van der Waals surface area contributed by atoms with E-state index in [2.05, 4.69) is 36.5 Å². The van der Waals surface area contributed by atoms with Crippen molar-refractivity contribution in [3.05, 3.63) is 64.8 Å². The number of hydrogen-bond donors (Lipinski definition) is 1. The van der Waals surface area contributed by atoms with Crippen LogP contribution in [0.5, 0.6) is 0 Å². The Morgan fingerprint density at radius 3 is 2.71 bits per heavy atom. The summed E-state index contributed by atoms with van der Waals surface area (Å²) >= 11 is 6.13. The molecule has 0 aliphatic heterocycles. The highest BCUT2D eigenvalue weighted by Gasteiger charge is 2.17. The van der Waals surface area contributed by atoms with Gasteiger partial charge in [-0.25, -0.2) is 0 Å². The smallest absolute Gasteiger partial charge is 0.247 e. The summed E-state index contributed by atoms with van der Waals surface area (Å²) in [4.78, 5) is 12.6. The largest absolute Gasteiger partial charge is 0.335 e. The molecule has 1 unspecified atom stereocenters. The number of carbonyl (C=O) groups is 1. The van der Waals surface area contributed by atoms with Gasteiger partial charge < -0.3 is 9.88 Å². The SMILES string of the molecule is CCc1ccc2c(ccn2C(C)C(=O)Nc2ccc(C)c(Cl)c2)c1. The second-order valence-electron chi connectivity index (χ2n) is 6.10. The molecular weight excluding hydrogens is 320 g/mol. The lowest BCUT2D eigenvalue weighted by atomic mass is 10.1. The minimum atomic E-state index is -0.310. The molecular formula is C20H21ClN2O. The highest BCUT2D eigenvalue weighted by atomic mass is 35.5. The van der Waals surface area contributed by atoms with Crippen LogP contribution in [0.25, 0.3) is 10.9 Å². The van der Waals surface area contributed by atoms with E-state index in [4.69, 9.17) is 11.6 Å². The lowest BCUT2D eigenvalue weighted by molar-refractivity contribution is -0.118. The van der Waals surface area contributed by atoms with Crippen molar-refractivity contribution in [2.24, 2.45) is 0 Å². The molecule has 2 aromatic carbocycles. The number of halogens is 1. The fourth-order valence-corrected chi connectivity index (χ4v) is 3.00. The van der Waals surface area contributed by atoms with Crippen molar-refractivity contribution in [1.82, 2.24) is 4.57 Å². The zero-order valence-electron chi connectivity index (χ0n) is 14.1. The van der Waals surface area contributed by atoms with Gasteiger partial charge in [-0.2, -0.15) is 0 Å². The number of nitrogens with one attached hydrogen (secondary N) is 1. The van der Waals surface area contributed by atoms with E-state index < -0.39 is 0 Å². The Kier molecular flexibility index (Phi) is 4.63. The average Bonchev–Trinajstić information content (AvgIpc) is 3.00. The van der Waals surface area contributed by atoms with Crippen LogP contribution in [0.3, 0.4) is 0 Å². The summed E-state index contributed by atoms with van der Waals surface area (Å²) in [7, 11) is 0. The first-order valence-electron chi connectivity index (χ1n) is 8.16. The van der Waals surface area contributed by atoms with Gasteiger partial charge in [-0.05, 0) is 67.1 Å². The number of carbonyl (C=O) groups excluding carboxylic acids is 1. The number of rotatable bonds is 4. The molecule has 4 heteroatoms. The Balaban J connectivity index is 1.84. The summed E-state index contributed by atoms with van der Waals surface area (Å²) in [5, 5.41) is 4.75. The van der Waals surface area contributed by atoms with E-state index >= 15 is 0 Å². The maximum atomic E-state index is 12.6. The topological polar surface area (TPSA) is 34.0 Å². The number of anilines is 1. The van der Waals surface area contributed by atoms with Gasteiger partial charge in [0, 0.05) is 22.4 Å². The summed E-state index contributed by atoms with van der Waals surface area (Å²) in [5.74, 6) is -0.0630. The van der Waals surface area contributed by atoms with Gasteiger partial charge in [-0.15, -0.1) is 0 Å². The lowest BCUT2D eigenvalue weighted by Crippen LogP contribution is -2.23. The van der Waals surface area contributed by atoms with Gasteiger partial charge in [0.2, 0.25) is 5.91 Å². The van der Waals surface area contributed by atoms with Crippen molar-refractivity contribution in [2.45, 2.75) is 33.2 Å². The third-order valence-corrected chi connectivity index (χ3v) is 4.84. The molecule has 0 saturated heterocycles. The molecule has 0 fully saturated rings. The minimum Gasteiger partial charge on any atom is -0.335 e. The quantitative estimate of drug-likeness (QED) is 0.681. The second kappa shape index (κ2) is 6.70. The third kappa shape index (κ3) is 3.17. The molecule has 1 heterocycles. The molecule has 3 nitrogen and oxygen atoms in total. The van der Waals surface area contributed by atoms with Gasteiger partial charge in [0.15, 0.2) is 0 Å². The Morgan fingerprint density at radius 2 is 2.00 bits per heavy atom. The van der Waals surface area contributed by atoms with Crippen molar-refractivity contribution >= 4 is 34.1 Å². The van der Waals surface area contributed by atoms with E-state index in [1.807, 2.05) is 36.7 Å². The van der Waals surface area contributed by atoms with Crippen molar-refractivity contribution in [3.63, 3.8) is 0 Å². The Bertz CT molecular complexity index is 898. The maximum absolute atomic E-state index is 12.6. The summed E-state index contributed by atoms with van der Waals surface area (Å²) in [5.41, 5.74) is 4.07. The number of benzene rings is 2. The van der Waals surface area contributed by atoms with Crippen molar-refractivity contribution in [2.75, 3.05) is 5.32 Å². The highest BCUT2D eigenvalue weighted by molar-refractivity contribution is 6.31. The third-order valence-electron chi connectivity index (χ3n) is 4.43. The van der Waals surface area contributed by atoms with Gasteiger partial charge in [-0.3, -0.25) is 4.79 Å². The average molecular weight is 341 g/mol. The Morgan fingerprint density at radius 1 is 1.21 bits per heavy atom. The van der Waals surface area contributed by atoms with Gasteiger partial charge in [0.25, 0.3) is 0 Å². The molecule has 3 aromatic rings. The molecule has 1 atom stereocenters. The molecule has 1 aromatic heterocycles. The van der Waals surface area contributed by atoms with E-state index in [1.165, 1.54) is 5.56 Å². The van der Waals surface area contributed by atoms with Gasteiger partial charge >= 0.3 is 0 Å². The predicted molar refractivity (Wildman–Crippen MR) is 101 cm³/mol. The van der Waals surface area contributed by atoms with Crippen molar-refractivity contribution < 1.29 is 4.79 Å².